The minimum absolute atomic E-state index is 0.00364. The van der Waals surface area contributed by atoms with Gasteiger partial charge in [-0.2, -0.15) is 0 Å². The Morgan fingerprint density at radius 3 is 2.73 bits per heavy atom. The van der Waals surface area contributed by atoms with Gasteiger partial charge in [-0.1, -0.05) is 12.2 Å². The number of ether oxygens (including phenoxy) is 2. The first-order valence-electron chi connectivity index (χ1n) is 7.80. The SMILES string of the molecule is C=C1CC[C@@]2(c3cc(F)c(OC)c(OC)c3)CCN(C)[C@H]2C1. The van der Waals surface area contributed by atoms with Gasteiger partial charge in [-0.3, -0.25) is 0 Å². The third-order valence-electron chi connectivity index (χ3n) is 5.50. The van der Waals surface area contributed by atoms with Gasteiger partial charge in [0.1, 0.15) is 0 Å². The van der Waals surface area contributed by atoms with Gasteiger partial charge in [0.05, 0.1) is 14.2 Å². The van der Waals surface area contributed by atoms with Gasteiger partial charge in [-0.05, 0) is 57.0 Å². The molecular weight excluding hydrogens is 281 g/mol. The summed E-state index contributed by atoms with van der Waals surface area (Å²) in [6.45, 7) is 5.20. The minimum Gasteiger partial charge on any atom is -0.493 e. The molecule has 1 aliphatic carbocycles. The van der Waals surface area contributed by atoms with Gasteiger partial charge < -0.3 is 14.4 Å². The van der Waals surface area contributed by atoms with Crippen LogP contribution in [-0.4, -0.2) is 38.8 Å². The fourth-order valence-corrected chi connectivity index (χ4v) is 4.22. The predicted molar refractivity (Wildman–Crippen MR) is 85.2 cm³/mol. The number of benzene rings is 1. The maximum absolute atomic E-state index is 14.4. The van der Waals surface area contributed by atoms with Gasteiger partial charge in [-0.25, -0.2) is 4.39 Å². The van der Waals surface area contributed by atoms with Crippen LogP contribution in [0, 0.1) is 5.82 Å². The van der Waals surface area contributed by atoms with Crippen LogP contribution in [0.25, 0.3) is 0 Å². The van der Waals surface area contributed by atoms with Crippen molar-refractivity contribution in [2.75, 3.05) is 27.8 Å². The van der Waals surface area contributed by atoms with Crippen molar-refractivity contribution in [2.24, 2.45) is 0 Å². The zero-order valence-electron chi connectivity index (χ0n) is 13.6. The van der Waals surface area contributed by atoms with Gasteiger partial charge in [-0.15, -0.1) is 0 Å². The molecule has 0 spiro atoms. The summed E-state index contributed by atoms with van der Waals surface area (Å²) in [5, 5.41) is 0. The number of likely N-dealkylation sites (N-methyl/N-ethyl adjacent to an activating group) is 1. The maximum Gasteiger partial charge on any atom is 0.196 e. The monoisotopic (exact) mass is 305 g/mol. The van der Waals surface area contributed by atoms with Crippen LogP contribution in [0.3, 0.4) is 0 Å². The topological polar surface area (TPSA) is 21.7 Å². The second-order valence-corrected chi connectivity index (χ2v) is 6.55. The normalized spacial score (nSPS) is 28.5. The molecule has 1 aromatic rings. The van der Waals surface area contributed by atoms with E-state index in [1.165, 1.54) is 12.7 Å². The number of hydrogen-bond donors (Lipinski definition) is 0. The lowest BCUT2D eigenvalue weighted by Crippen LogP contribution is -2.44. The molecule has 1 aliphatic heterocycles. The molecule has 0 N–H and O–H groups in total. The molecule has 1 aromatic carbocycles. The fourth-order valence-electron chi connectivity index (χ4n) is 4.22. The van der Waals surface area contributed by atoms with Crippen LogP contribution in [0.5, 0.6) is 11.5 Å². The quantitative estimate of drug-likeness (QED) is 0.798. The Balaban J connectivity index is 2.09. The molecule has 2 fully saturated rings. The highest BCUT2D eigenvalue weighted by molar-refractivity contribution is 5.48. The van der Waals surface area contributed by atoms with Gasteiger partial charge in [0.2, 0.25) is 0 Å². The third kappa shape index (κ3) is 2.21. The van der Waals surface area contributed by atoms with Crippen LogP contribution in [0.2, 0.25) is 0 Å². The molecule has 120 valence electrons. The zero-order valence-corrected chi connectivity index (χ0v) is 13.6. The number of fused-ring (bicyclic) bond motifs is 1. The maximum atomic E-state index is 14.4. The van der Waals surface area contributed by atoms with Crippen molar-refractivity contribution in [1.29, 1.82) is 0 Å². The van der Waals surface area contributed by atoms with E-state index in [-0.39, 0.29) is 17.0 Å². The molecule has 22 heavy (non-hydrogen) atoms. The number of likely N-dealkylation sites (tertiary alicyclic amines) is 1. The molecule has 0 amide bonds. The molecule has 1 saturated heterocycles. The number of halogens is 1. The molecule has 2 aliphatic rings. The second-order valence-electron chi connectivity index (χ2n) is 6.55. The summed E-state index contributed by atoms with van der Waals surface area (Å²) in [6.07, 6.45) is 4.08. The van der Waals surface area contributed by atoms with E-state index >= 15 is 0 Å². The third-order valence-corrected chi connectivity index (χ3v) is 5.50. The summed E-state index contributed by atoms with van der Waals surface area (Å²) in [6, 6.07) is 4.00. The Morgan fingerprint density at radius 1 is 1.27 bits per heavy atom. The highest BCUT2D eigenvalue weighted by Gasteiger charge is 2.49. The summed E-state index contributed by atoms with van der Waals surface area (Å²) in [7, 11) is 5.18. The van der Waals surface area contributed by atoms with Crippen molar-refractivity contribution in [3.8, 4) is 11.5 Å². The summed E-state index contributed by atoms with van der Waals surface area (Å²) in [5.41, 5.74) is 2.33. The average molecular weight is 305 g/mol. The molecule has 0 unspecified atom stereocenters. The van der Waals surface area contributed by atoms with Gasteiger partial charge >= 0.3 is 0 Å². The molecule has 3 rings (SSSR count). The van der Waals surface area contributed by atoms with E-state index in [0.717, 1.165) is 37.8 Å². The molecule has 1 heterocycles. The van der Waals surface area contributed by atoms with Gasteiger partial charge in [0.15, 0.2) is 17.3 Å². The van der Waals surface area contributed by atoms with Crippen molar-refractivity contribution in [1.82, 2.24) is 4.90 Å². The van der Waals surface area contributed by atoms with Crippen molar-refractivity contribution in [3.05, 3.63) is 35.7 Å². The van der Waals surface area contributed by atoms with Crippen LogP contribution in [-0.2, 0) is 5.41 Å². The fraction of sp³-hybridized carbons (Fsp3) is 0.556. The number of rotatable bonds is 3. The molecule has 3 nitrogen and oxygen atoms in total. The summed E-state index contributed by atoms with van der Waals surface area (Å²) in [5.74, 6) is 0.319. The first-order chi connectivity index (χ1) is 10.5. The average Bonchev–Trinajstić information content (AvgIpc) is 2.84. The van der Waals surface area contributed by atoms with E-state index in [9.17, 15) is 4.39 Å². The lowest BCUT2D eigenvalue weighted by atomic mass is 9.65. The van der Waals surface area contributed by atoms with E-state index in [2.05, 4.69) is 18.5 Å². The van der Waals surface area contributed by atoms with Gasteiger partial charge in [0.25, 0.3) is 0 Å². The van der Waals surface area contributed by atoms with Crippen molar-refractivity contribution in [2.45, 2.75) is 37.1 Å². The first kappa shape index (κ1) is 15.3. The smallest absolute Gasteiger partial charge is 0.196 e. The van der Waals surface area contributed by atoms with E-state index in [0.29, 0.717) is 11.8 Å². The zero-order chi connectivity index (χ0) is 15.9. The molecular formula is C18H24FNO2. The van der Waals surface area contributed by atoms with Crippen LogP contribution in [0.15, 0.2) is 24.3 Å². The Kier molecular flexibility index (Phi) is 3.89. The molecule has 4 heteroatoms. The van der Waals surface area contributed by atoms with E-state index in [1.807, 2.05) is 6.07 Å². The van der Waals surface area contributed by atoms with Gasteiger partial charge in [0, 0.05) is 11.5 Å². The lowest BCUT2D eigenvalue weighted by Gasteiger charge is -2.42. The van der Waals surface area contributed by atoms with E-state index < -0.39 is 0 Å². The summed E-state index contributed by atoms with van der Waals surface area (Å²) in [4.78, 5) is 2.39. The van der Waals surface area contributed by atoms with Crippen molar-refractivity contribution < 1.29 is 13.9 Å². The number of hydrogen-bond acceptors (Lipinski definition) is 3. The number of methoxy groups -OCH3 is 2. The van der Waals surface area contributed by atoms with Crippen LogP contribution in [0.4, 0.5) is 4.39 Å². The highest BCUT2D eigenvalue weighted by Crippen LogP contribution is 2.51. The van der Waals surface area contributed by atoms with Crippen LogP contribution < -0.4 is 9.47 Å². The Labute approximate surface area is 131 Å². The van der Waals surface area contributed by atoms with Crippen LogP contribution >= 0.6 is 0 Å². The van der Waals surface area contributed by atoms with E-state index in [4.69, 9.17) is 9.47 Å². The molecule has 1 saturated carbocycles. The molecule has 2 atom stereocenters. The van der Waals surface area contributed by atoms with Crippen LogP contribution in [0.1, 0.15) is 31.2 Å². The molecule has 0 bridgehead atoms. The van der Waals surface area contributed by atoms with Crippen molar-refractivity contribution >= 4 is 0 Å². The Morgan fingerprint density at radius 2 is 2.05 bits per heavy atom. The second kappa shape index (κ2) is 5.58. The summed E-state index contributed by atoms with van der Waals surface area (Å²) >= 11 is 0. The predicted octanol–water partition coefficient (Wildman–Crippen LogP) is 3.52. The minimum atomic E-state index is -0.344. The van der Waals surface area contributed by atoms with Crippen molar-refractivity contribution in [3.63, 3.8) is 0 Å². The Hall–Kier alpha value is -1.55. The molecule has 0 aromatic heterocycles. The Bertz CT molecular complexity index is 601. The summed E-state index contributed by atoms with van der Waals surface area (Å²) < 4.78 is 24.9. The standard InChI is InChI=1S/C18H24FNO2/c1-12-5-6-18(7-8-20(2)16(18)9-12)13-10-14(19)17(22-4)15(11-13)21-3/h10-11,16H,1,5-9H2,2-4H3/t16-,18-/m0/s1. The number of nitrogens with zero attached hydrogens (tertiary/aromatic N) is 1. The lowest BCUT2D eigenvalue weighted by molar-refractivity contribution is 0.208. The highest BCUT2D eigenvalue weighted by atomic mass is 19.1. The van der Waals surface area contributed by atoms with E-state index in [1.54, 1.807) is 13.2 Å². The largest absolute Gasteiger partial charge is 0.493 e. The molecule has 0 radical (unpaired) electrons. The first-order valence-corrected chi connectivity index (χ1v) is 7.80.